The summed E-state index contributed by atoms with van der Waals surface area (Å²) in [6, 6.07) is 9.38. The molecule has 2 saturated heterocycles. The highest BCUT2D eigenvalue weighted by molar-refractivity contribution is 5.74. The van der Waals surface area contributed by atoms with Crippen molar-refractivity contribution in [1.82, 2.24) is 10.3 Å². The summed E-state index contributed by atoms with van der Waals surface area (Å²) in [7, 11) is 0. The molecule has 18 heavy (non-hydrogen) atoms. The number of fused-ring (bicyclic) bond motifs is 2. The lowest BCUT2D eigenvalue weighted by Gasteiger charge is -2.24. The minimum absolute atomic E-state index is 0.619. The largest absolute Gasteiger partial charge is 0.423 e. The Morgan fingerprint density at radius 1 is 1.28 bits per heavy atom. The van der Waals surface area contributed by atoms with Crippen molar-refractivity contribution in [2.75, 3.05) is 24.5 Å². The number of rotatable bonds is 1. The van der Waals surface area contributed by atoms with Crippen molar-refractivity contribution < 1.29 is 4.42 Å². The Morgan fingerprint density at radius 3 is 3.11 bits per heavy atom. The fourth-order valence-electron chi connectivity index (χ4n) is 3.20. The summed E-state index contributed by atoms with van der Waals surface area (Å²) in [5.41, 5.74) is 1.84. The van der Waals surface area contributed by atoms with Gasteiger partial charge < -0.3 is 14.6 Å². The molecule has 1 aromatic heterocycles. The third-order valence-electron chi connectivity index (χ3n) is 4.15. The topological polar surface area (TPSA) is 41.3 Å². The van der Waals surface area contributed by atoms with Gasteiger partial charge in [-0.3, -0.25) is 0 Å². The molecule has 2 aliphatic rings. The molecular formula is C14H17N3O. The van der Waals surface area contributed by atoms with Crippen LogP contribution < -0.4 is 10.2 Å². The van der Waals surface area contributed by atoms with Gasteiger partial charge in [-0.15, -0.1) is 0 Å². The first kappa shape index (κ1) is 10.4. The number of oxazole rings is 1. The van der Waals surface area contributed by atoms with Gasteiger partial charge in [0.25, 0.3) is 6.01 Å². The zero-order chi connectivity index (χ0) is 11.9. The predicted molar refractivity (Wildman–Crippen MR) is 70.7 cm³/mol. The molecule has 2 unspecified atom stereocenters. The standard InChI is InChI=1S/C14H17N3O/c1-2-6-13-11(5-1)16-14(18-13)17-8-10-4-3-7-15-12(10)9-17/h1-2,5-6,10,12,15H,3-4,7-9H2. The quantitative estimate of drug-likeness (QED) is 0.832. The number of hydrogen-bond acceptors (Lipinski definition) is 4. The first-order valence-corrected chi connectivity index (χ1v) is 6.74. The van der Waals surface area contributed by atoms with Gasteiger partial charge in [0, 0.05) is 19.1 Å². The van der Waals surface area contributed by atoms with E-state index in [0.717, 1.165) is 42.7 Å². The molecule has 2 fully saturated rings. The normalized spacial score (nSPS) is 27.7. The van der Waals surface area contributed by atoms with E-state index in [2.05, 4.69) is 15.2 Å². The molecule has 3 heterocycles. The summed E-state index contributed by atoms with van der Waals surface area (Å²) in [4.78, 5) is 6.87. The first-order chi connectivity index (χ1) is 8.90. The lowest BCUT2D eigenvalue weighted by atomic mass is 9.94. The van der Waals surface area contributed by atoms with Crippen molar-refractivity contribution in [1.29, 1.82) is 0 Å². The fraction of sp³-hybridized carbons (Fsp3) is 0.500. The van der Waals surface area contributed by atoms with Crippen LogP contribution in [0, 0.1) is 5.92 Å². The Kier molecular flexibility index (Phi) is 2.30. The summed E-state index contributed by atoms with van der Waals surface area (Å²) in [5.74, 6) is 0.758. The Balaban J connectivity index is 1.63. The van der Waals surface area contributed by atoms with Crippen LogP contribution >= 0.6 is 0 Å². The van der Waals surface area contributed by atoms with Gasteiger partial charge in [-0.05, 0) is 37.4 Å². The minimum Gasteiger partial charge on any atom is -0.423 e. The van der Waals surface area contributed by atoms with Crippen LogP contribution in [-0.2, 0) is 0 Å². The van der Waals surface area contributed by atoms with Crippen LogP contribution in [0.15, 0.2) is 28.7 Å². The molecule has 0 bridgehead atoms. The van der Waals surface area contributed by atoms with Crippen LogP contribution in [-0.4, -0.2) is 30.7 Å². The molecule has 2 atom stereocenters. The zero-order valence-corrected chi connectivity index (χ0v) is 10.3. The van der Waals surface area contributed by atoms with E-state index in [4.69, 9.17) is 4.42 Å². The number of piperidine rings is 1. The average molecular weight is 243 g/mol. The van der Waals surface area contributed by atoms with Crippen LogP contribution in [0.4, 0.5) is 6.01 Å². The third-order valence-corrected chi connectivity index (χ3v) is 4.15. The average Bonchev–Trinajstić information content (AvgIpc) is 3.02. The minimum atomic E-state index is 0.619. The fourth-order valence-corrected chi connectivity index (χ4v) is 3.20. The van der Waals surface area contributed by atoms with E-state index in [9.17, 15) is 0 Å². The second-order valence-corrected chi connectivity index (χ2v) is 5.33. The van der Waals surface area contributed by atoms with Crippen LogP contribution in [0.1, 0.15) is 12.8 Å². The SMILES string of the molecule is c1ccc2oc(N3CC4CCCNC4C3)nc2c1. The molecule has 4 nitrogen and oxygen atoms in total. The maximum atomic E-state index is 5.85. The van der Waals surface area contributed by atoms with Crippen LogP contribution in [0.3, 0.4) is 0 Å². The van der Waals surface area contributed by atoms with E-state index >= 15 is 0 Å². The lowest BCUT2D eigenvalue weighted by molar-refractivity contribution is 0.339. The molecule has 4 rings (SSSR count). The molecule has 0 spiro atoms. The molecule has 94 valence electrons. The van der Waals surface area contributed by atoms with Crippen molar-refractivity contribution in [3.63, 3.8) is 0 Å². The molecule has 0 aliphatic carbocycles. The second-order valence-electron chi connectivity index (χ2n) is 5.33. The number of benzene rings is 1. The molecular weight excluding hydrogens is 226 g/mol. The van der Waals surface area contributed by atoms with Crippen LogP contribution in [0.2, 0.25) is 0 Å². The molecule has 0 amide bonds. The van der Waals surface area contributed by atoms with Gasteiger partial charge in [0.2, 0.25) is 0 Å². The van der Waals surface area contributed by atoms with Gasteiger partial charge in [-0.1, -0.05) is 12.1 Å². The van der Waals surface area contributed by atoms with Gasteiger partial charge in [-0.25, -0.2) is 0 Å². The summed E-state index contributed by atoms with van der Waals surface area (Å²) < 4.78 is 5.85. The molecule has 1 aromatic carbocycles. The number of anilines is 1. The predicted octanol–water partition coefficient (Wildman–Crippen LogP) is 2.02. The third kappa shape index (κ3) is 1.60. The highest BCUT2D eigenvalue weighted by atomic mass is 16.4. The van der Waals surface area contributed by atoms with Crippen molar-refractivity contribution in [2.24, 2.45) is 5.92 Å². The van der Waals surface area contributed by atoms with Crippen molar-refractivity contribution in [2.45, 2.75) is 18.9 Å². The van der Waals surface area contributed by atoms with E-state index < -0.39 is 0 Å². The summed E-state index contributed by atoms with van der Waals surface area (Å²) in [6.07, 6.45) is 2.62. The number of para-hydroxylation sites is 2. The summed E-state index contributed by atoms with van der Waals surface area (Å²) in [6.45, 7) is 3.25. The van der Waals surface area contributed by atoms with E-state index in [-0.39, 0.29) is 0 Å². The van der Waals surface area contributed by atoms with E-state index in [1.54, 1.807) is 0 Å². The Hall–Kier alpha value is -1.55. The Bertz CT molecular complexity index is 518. The van der Waals surface area contributed by atoms with Crippen molar-refractivity contribution in [3.05, 3.63) is 24.3 Å². The van der Waals surface area contributed by atoms with Crippen LogP contribution in [0.25, 0.3) is 11.1 Å². The molecule has 1 N–H and O–H groups in total. The Morgan fingerprint density at radius 2 is 2.22 bits per heavy atom. The van der Waals surface area contributed by atoms with Crippen molar-refractivity contribution in [3.8, 4) is 0 Å². The van der Waals surface area contributed by atoms with E-state index in [1.165, 1.54) is 12.8 Å². The van der Waals surface area contributed by atoms with E-state index in [0.29, 0.717) is 6.04 Å². The van der Waals surface area contributed by atoms with E-state index in [1.807, 2.05) is 24.3 Å². The van der Waals surface area contributed by atoms with Gasteiger partial charge in [-0.2, -0.15) is 4.98 Å². The second kappa shape index (κ2) is 3.99. The summed E-state index contributed by atoms with van der Waals surface area (Å²) in [5, 5.41) is 3.60. The summed E-state index contributed by atoms with van der Waals surface area (Å²) >= 11 is 0. The van der Waals surface area contributed by atoms with Crippen LogP contribution in [0.5, 0.6) is 0 Å². The molecule has 2 aliphatic heterocycles. The molecule has 4 heteroatoms. The van der Waals surface area contributed by atoms with Gasteiger partial charge >= 0.3 is 0 Å². The molecule has 0 radical (unpaired) electrons. The number of aromatic nitrogens is 1. The molecule has 0 saturated carbocycles. The first-order valence-electron chi connectivity index (χ1n) is 6.74. The monoisotopic (exact) mass is 243 g/mol. The number of nitrogens with zero attached hydrogens (tertiary/aromatic N) is 2. The number of hydrogen-bond donors (Lipinski definition) is 1. The maximum Gasteiger partial charge on any atom is 0.298 e. The Labute approximate surface area is 106 Å². The zero-order valence-electron chi connectivity index (χ0n) is 10.3. The maximum absolute atomic E-state index is 5.85. The smallest absolute Gasteiger partial charge is 0.298 e. The highest BCUT2D eigenvalue weighted by Crippen LogP contribution is 2.30. The van der Waals surface area contributed by atoms with Gasteiger partial charge in [0.1, 0.15) is 5.52 Å². The van der Waals surface area contributed by atoms with Crippen molar-refractivity contribution >= 4 is 17.1 Å². The number of nitrogens with one attached hydrogen (secondary N) is 1. The lowest BCUT2D eigenvalue weighted by Crippen LogP contribution is -2.40. The van der Waals surface area contributed by atoms with Gasteiger partial charge in [0.05, 0.1) is 0 Å². The highest BCUT2D eigenvalue weighted by Gasteiger charge is 2.36. The van der Waals surface area contributed by atoms with Gasteiger partial charge in [0.15, 0.2) is 5.58 Å². The molecule has 2 aromatic rings.